The molecular weight excluding hydrogens is 430 g/mol. The van der Waals surface area contributed by atoms with Crippen LogP contribution in [0.1, 0.15) is 49.9 Å². The number of carbonyl (C=O) groups is 1. The van der Waals surface area contributed by atoms with Crippen LogP contribution in [0.3, 0.4) is 0 Å². The Morgan fingerprint density at radius 1 is 1.00 bits per heavy atom. The molecule has 6 nitrogen and oxygen atoms in total. The fourth-order valence-corrected chi connectivity index (χ4v) is 5.06. The number of aromatic nitrogens is 3. The second-order valence-corrected chi connectivity index (χ2v) is 10.2. The first-order chi connectivity index (χ1) is 16.2. The summed E-state index contributed by atoms with van der Waals surface area (Å²) in [7, 11) is 0. The third kappa shape index (κ3) is 5.58. The summed E-state index contributed by atoms with van der Waals surface area (Å²) in [4.78, 5) is 15.1. The minimum absolute atomic E-state index is 0.0261. The summed E-state index contributed by atoms with van der Waals surface area (Å²) in [6, 6.07) is 18.6. The molecule has 2 aliphatic rings. The SMILES string of the molecule is CC1CCN(c2ccc(NC(=O)CSc3nnc(C4CC4)n3Cc3ccccc3)cc2)CC1. The van der Waals surface area contributed by atoms with Gasteiger partial charge in [0.2, 0.25) is 5.91 Å². The zero-order valence-corrected chi connectivity index (χ0v) is 19.9. The summed E-state index contributed by atoms with van der Waals surface area (Å²) in [5, 5.41) is 12.7. The van der Waals surface area contributed by atoms with Gasteiger partial charge in [0.1, 0.15) is 5.82 Å². The Hall–Kier alpha value is -2.80. The standard InChI is InChI=1S/C26H31N5OS/c1-19-13-15-30(16-14-19)23-11-9-22(10-12-23)27-24(32)18-33-26-29-28-25(21-7-8-21)31(26)17-20-5-3-2-4-6-20/h2-6,9-12,19,21H,7-8,13-18H2,1H3,(H,27,32). The highest BCUT2D eigenvalue weighted by Crippen LogP contribution is 2.40. The van der Waals surface area contributed by atoms with E-state index in [2.05, 4.69) is 56.2 Å². The highest BCUT2D eigenvalue weighted by molar-refractivity contribution is 7.99. The lowest BCUT2D eigenvalue weighted by molar-refractivity contribution is -0.113. The van der Waals surface area contributed by atoms with Crippen LogP contribution in [0.15, 0.2) is 59.8 Å². The van der Waals surface area contributed by atoms with Crippen molar-refractivity contribution in [1.82, 2.24) is 14.8 Å². The van der Waals surface area contributed by atoms with Crippen LogP contribution >= 0.6 is 11.8 Å². The van der Waals surface area contributed by atoms with Gasteiger partial charge in [0.25, 0.3) is 0 Å². The Morgan fingerprint density at radius 2 is 1.73 bits per heavy atom. The smallest absolute Gasteiger partial charge is 0.234 e. The lowest BCUT2D eigenvalue weighted by atomic mass is 9.99. The number of amides is 1. The lowest BCUT2D eigenvalue weighted by Gasteiger charge is -2.32. The molecular formula is C26H31N5OS. The van der Waals surface area contributed by atoms with Crippen LogP contribution in [-0.4, -0.2) is 39.5 Å². The van der Waals surface area contributed by atoms with Crippen molar-refractivity contribution in [1.29, 1.82) is 0 Å². The van der Waals surface area contributed by atoms with E-state index < -0.39 is 0 Å². The average molecular weight is 462 g/mol. The van der Waals surface area contributed by atoms with Gasteiger partial charge in [-0.1, -0.05) is 49.0 Å². The van der Waals surface area contributed by atoms with E-state index >= 15 is 0 Å². The molecule has 1 saturated heterocycles. The van der Waals surface area contributed by atoms with Gasteiger partial charge in [-0.25, -0.2) is 0 Å². The number of nitrogens with zero attached hydrogens (tertiary/aromatic N) is 4. The molecule has 5 rings (SSSR count). The first-order valence-corrected chi connectivity index (χ1v) is 12.9. The summed E-state index contributed by atoms with van der Waals surface area (Å²) in [6.07, 6.45) is 4.83. The molecule has 33 heavy (non-hydrogen) atoms. The fourth-order valence-electron chi connectivity index (χ4n) is 4.31. The van der Waals surface area contributed by atoms with Crippen LogP contribution in [0.4, 0.5) is 11.4 Å². The molecule has 3 aromatic rings. The number of thioether (sulfide) groups is 1. The van der Waals surface area contributed by atoms with Gasteiger partial charge in [-0.05, 0) is 61.4 Å². The van der Waals surface area contributed by atoms with E-state index in [1.807, 2.05) is 30.3 Å². The molecule has 2 aromatic carbocycles. The zero-order chi connectivity index (χ0) is 22.6. The maximum Gasteiger partial charge on any atom is 0.234 e. The number of rotatable bonds is 8. The van der Waals surface area contributed by atoms with Crippen LogP contribution in [0.25, 0.3) is 0 Å². The maximum atomic E-state index is 12.6. The molecule has 172 valence electrons. The molecule has 1 saturated carbocycles. The largest absolute Gasteiger partial charge is 0.372 e. The monoisotopic (exact) mass is 461 g/mol. The number of carbonyl (C=O) groups excluding carboxylic acids is 1. The van der Waals surface area contributed by atoms with Gasteiger partial charge in [0.05, 0.1) is 12.3 Å². The molecule has 1 aliphatic carbocycles. The molecule has 0 spiro atoms. The molecule has 2 heterocycles. The van der Waals surface area contributed by atoms with Crippen molar-refractivity contribution >= 4 is 29.0 Å². The number of nitrogens with one attached hydrogen (secondary N) is 1. The van der Waals surface area contributed by atoms with Gasteiger partial charge >= 0.3 is 0 Å². The van der Waals surface area contributed by atoms with E-state index in [1.165, 1.54) is 48.7 Å². The average Bonchev–Trinajstić information content (AvgIpc) is 3.61. The third-order valence-corrected chi connectivity index (χ3v) is 7.47. The number of benzene rings is 2. The van der Waals surface area contributed by atoms with Gasteiger partial charge in [0, 0.05) is 30.4 Å². The van der Waals surface area contributed by atoms with Crippen LogP contribution in [-0.2, 0) is 11.3 Å². The summed E-state index contributed by atoms with van der Waals surface area (Å²) in [5.74, 6) is 2.65. The third-order valence-electron chi connectivity index (χ3n) is 6.50. The minimum atomic E-state index is -0.0261. The molecule has 1 aliphatic heterocycles. The number of piperidine rings is 1. The van der Waals surface area contributed by atoms with Crippen molar-refractivity contribution < 1.29 is 4.79 Å². The molecule has 0 radical (unpaired) electrons. The quantitative estimate of drug-likeness (QED) is 0.469. The van der Waals surface area contributed by atoms with Crippen molar-refractivity contribution in [3.8, 4) is 0 Å². The second-order valence-electron chi connectivity index (χ2n) is 9.24. The first-order valence-electron chi connectivity index (χ1n) is 11.9. The molecule has 0 unspecified atom stereocenters. The molecule has 7 heteroatoms. The van der Waals surface area contributed by atoms with E-state index in [0.717, 1.165) is 42.2 Å². The topological polar surface area (TPSA) is 63.1 Å². The van der Waals surface area contributed by atoms with E-state index in [4.69, 9.17) is 0 Å². The lowest BCUT2D eigenvalue weighted by Crippen LogP contribution is -2.32. The summed E-state index contributed by atoms with van der Waals surface area (Å²) < 4.78 is 2.18. The van der Waals surface area contributed by atoms with Gasteiger partial charge in [-0.15, -0.1) is 10.2 Å². The van der Waals surface area contributed by atoms with Crippen LogP contribution < -0.4 is 10.2 Å². The van der Waals surface area contributed by atoms with Gasteiger partial charge in [-0.3, -0.25) is 4.79 Å². The normalized spacial score (nSPS) is 16.7. The molecule has 0 atom stereocenters. The molecule has 1 aromatic heterocycles. The van der Waals surface area contributed by atoms with E-state index in [1.54, 1.807) is 0 Å². The van der Waals surface area contributed by atoms with Crippen LogP contribution in [0.5, 0.6) is 0 Å². The molecule has 2 fully saturated rings. The Morgan fingerprint density at radius 3 is 2.42 bits per heavy atom. The molecule has 1 amide bonds. The van der Waals surface area contributed by atoms with Crippen molar-refractivity contribution in [2.75, 3.05) is 29.1 Å². The summed E-state index contributed by atoms with van der Waals surface area (Å²) in [5.41, 5.74) is 3.28. The second kappa shape index (κ2) is 10.00. The van der Waals surface area contributed by atoms with Gasteiger partial charge in [0.15, 0.2) is 5.16 Å². The van der Waals surface area contributed by atoms with Crippen molar-refractivity contribution in [3.05, 3.63) is 66.0 Å². The molecule has 0 bridgehead atoms. The zero-order valence-electron chi connectivity index (χ0n) is 19.1. The van der Waals surface area contributed by atoms with Crippen LogP contribution in [0.2, 0.25) is 0 Å². The van der Waals surface area contributed by atoms with E-state index in [0.29, 0.717) is 11.7 Å². The number of anilines is 2. The van der Waals surface area contributed by atoms with Gasteiger partial charge in [-0.2, -0.15) is 0 Å². The summed E-state index contributed by atoms with van der Waals surface area (Å²) in [6.45, 7) is 5.28. The van der Waals surface area contributed by atoms with Crippen molar-refractivity contribution in [2.45, 2.75) is 50.2 Å². The van der Waals surface area contributed by atoms with Gasteiger partial charge < -0.3 is 14.8 Å². The van der Waals surface area contributed by atoms with Crippen molar-refractivity contribution in [3.63, 3.8) is 0 Å². The summed E-state index contributed by atoms with van der Waals surface area (Å²) >= 11 is 1.45. The molecule has 1 N–H and O–H groups in total. The Kier molecular flexibility index (Phi) is 6.67. The Bertz CT molecular complexity index is 1070. The number of hydrogen-bond acceptors (Lipinski definition) is 5. The van der Waals surface area contributed by atoms with Crippen molar-refractivity contribution in [2.24, 2.45) is 5.92 Å². The highest BCUT2D eigenvalue weighted by atomic mass is 32.2. The maximum absolute atomic E-state index is 12.6. The Balaban J connectivity index is 1.18. The Labute approximate surface area is 199 Å². The highest BCUT2D eigenvalue weighted by Gasteiger charge is 2.30. The van der Waals surface area contributed by atoms with E-state index in [-0.39, 0.29) is 5.91 Å². The predicted molar refractivity (Wildman–Crippen MR) is 134 cm³/mol. The predicted octanol–water partition coefficient (Wildman–Crippen LogP) is 5.17. The minimum Gasteiger partial charge on any atom is -0.372 e. The van der Waals surface area contributed by atoms with Crippen LogP contribution in [0, 0.1) is 5.92 Å². The fraction of sp³-hybridized carbons (Fsp3) is 0.423. The first kappa shape index (κ1) is 22.0. The van der Waals surface area contributed by atoms with E-state index in [9.17, 15) is 4.79 Å². The number of hydrogen-bond donors (Lipinski definition) is 1.